The van der Waals surface area contributed by atoms with Crippen molar-refractivity contribution in [2.45, 2.75) is 57.8 Å². The first-order valence-electron chi connectivity index (χ1n) is 12.3. The number of rotatable bonds is 10. The van der Waals surface area contributed by atoms with Crippen molar-refractivity contribution in [1.82, 2.24) is 4.90 Å². The van der Waals surface area contributed by atoms with Crippen LogP contribution in [0.5, 0.6) is 0 Å². The molecular formula is C27H30F3N3O5. The van der Waals surface area contributed by atoms with Gasteiger partial charge in [0.25, 0.3) is 5.91 Å². The standard InChI is InChI=1S/C27H30F3N3O5/c1-18(14-24(35)38-26(37)27(28,29)30)32-17-23(34)33(16-20-9-4-2-5-10-20)22-12-11-19(8-6-3-7-13-31)15-21(22)25(32)36/h2,4-5,9-12,15,18H,3,6-8,13-14,16-17,31H2,1H3. The first kappa shape index (κ1) is 28.8. The summed E-state index contributed by atoms with van der Waals surface area (Å²) in [5.41, 5.74) is 7.92. The molecule has 11 heteroatoms. The number of aryl methyl sites for hydroxylation is 1. The number of carbonyl (C=O) groups excluding carboxylic acids is 4. The summed E-state index contributed by atoms with van der Waals surface area (Å²) in [4.78, 5) is 52.7. The lowest BCUT2D eigenvalue weighted by atomic mass is 10.0. The van der Waals surface area contributed by atoms with Crippen molar-refractivity contribution in [3.05, 3.63) is 65.2 Å². The molecular weight excluding hydrogens is 503 g/mol. The van der Waals surface area contributed by atoms with Crippen LogP contribution in [0.4, 0.5) is 18.9 Å². The molecule has 2 aromatic carbocycles. The summed E-state index contributed by atoms with van der Waals surface area (Å²) >= 11 is 0. The maximum Gasteiger partial charge on any atom is 0.491 e. The number of ether oxygens (including phenoxy) is 1. The molecule has 0 fully saturated rings. The molecule has 1 atom stereocenters. The maximum atomic E-state index is 13.6. The molecule has 0 saturated heterocycles. The van der Waals surface area contributed by atoms with Crippen molar-refractivity contribution in [1.29, 1.82) is 0 Å². The van der Waals surface area contributed by atoms with Crippen LogP contribution in [0.15, 0.2) is 48.5 Å². The van der Waals surface area contributed by atoms with Gasteiger partial charge in [0.1, 0.15) is 6.54 Å². The van der Waals surface area contributed by atoms with E-state index >= 15 is 0 Å². The van der Waals surface area contributed by atoms with Gasteiger partial charge in [-0.3, -0.25) is 14.4 Å². The van der Waals surface area contributed by atoms with Crippen LogP contribution < -0.4 is 10.6 Å². The first-order chi connectivity index (χ1) is 18.0. The van der Waals surface area contributed by atoms with Gasteiger partial charge >= 0.3 is 18.1 Å². The molecule has 0 bridgehead atoms. The predicted molar refractivity (Wildman–Crippen MR) is 133 cm³/mol. The molecule has 2 aromatic rings. The van der Waals surface area contributed by atoms with Crippen LogP contribution in [0, 0.1) is 0 Å². The van der Waals surface area contributed by atoms with Crippen molar-refractivity contribution >= 4 is 29.4 Å². The highest BCUT2D eigenvalue weighted by molar-refractivity contribution is 6.10. The fourth-order valence-corrected chi connectivity index (χ4v) is 4.24. The fraction of sp³-hybridized carbons (Fsp3) is 0.407. The molecule has 0 aromatic heterocycles. The lowest BCUT2D eigenvalue weighted by Gasteiger charge is -2.27. The van der Waals surface area contributed by atoms with Gasteiger partial charge in [0.15, 0.2) is 0 Å². The molecule has 1 aliphatic heterocycles. The number of fused-ring (bicyclic) bond motifs is 1. The van der Waals surface area contributed by atoms with E-state index in [1.807, 2.05) is 36.4 Å². The molecule has 8 nitrogen and oxygen atoms in total. The Balaban J connectivity index is 1.89. The second kappa shape index (κ2) is 12.7. The van der Waals surface area contributed by atoms with E-state index in [1.54, 1.807) is 12.1 Å². The van der Waals surface area contributed by atoms with E-state index in [0.717, 1.165) is 35.3 Å². The summed E-state index contributed by atoms with van der Waals surface area (Å²) in [6, 6.07) is 13.5. The number of nitrogens with zero attached hydrogens (tertiary/aromatic N) is 2. The Bertz CT molecular complexity index is 1170. The number of hydrogen-bond acceptors (Lipinski definition) is 6. The molecule has 0 saturated carbocycles. The monoisotopic (exact) mass is 533 g/mol. The largest absolute Gasteiger partial charge is 0.491 e. The van der Waals surface area contributed by atoms with Crippen LogP contribution in [-0.4, -0.2) is 54.0 Å². The molecule has 204 valence electrons. The van der Waals surface area contributed by atoms with Gasteiger partial charge in [0.2, 0.25) is 5.91 Å². The number of esters is 2. The molecule has 1 unspecified atom stereocenters. The highest BCUT2D eigenvalue weighted by atomic mass is 19.4. The van der Waals surface area contributed by atoms with Gasteiger partial charge in [-0.25, -0.2) is 4.79 Å². The van der Waals surface area contributed by atoms with Gasteiger partial charge in [-0.15, -0.1) is 0 Å². The van der Waals surface area contributed by atoms with Gasteiger partial charge in [0.05, 0.1) is 24.2 Å². The van der Waals surface area contributed by atoms with Gasteiger partial charge in [-0.2, -0.15) is 13.2 Å². The number of carbonyl (C=O) groups is 4. The van der Waals surface area contributed by atoms with Crippen LogP contribution in [-0.2, 0) is 32.1 Å². The molecule has 0 spiro atoms. The number of amides is 2. The average molecular weight is 534 g/mol. The second-order valence-electron chi connectivity index (χ2n) is 9.16. The van der Waals surface area contributed by atoms with E-state index in [-0.39, 0.29) is 12.1 Å². The third-order valence-corrected chi connectivity index (χ3v) is 6.23. The lowest BCUT2D eigenvalue weighted by Crippen LogP contribution is -2.44. The van der Waals surface area contributed by atoms with E-state index in [2.05, 4.69) is 4.74 Å². The van der Waals surface area contributed by atoms with Crippen molar-refractivity contribution in [3.8, 4) is 0 Å². The van der Waals surface area contributed by atoms with Crippen molar-refractivity contribution in [2.24, 2.45) is 5.73 Å². The van der Waals surface area contributed by atoms with Crippen molar-refractivity contribution < 1.29 is 37.1 Å². The highest BCUT2D eigenvalue weighted by Crippen LogP contribution is 2.30. The molecule has 1 aliphatic rings. The van der Waals surface area contributed by atoms with E-state index in [0.29, 0.717) is 18.7 Å². The fourth-order valence-electron chi connectivity index (χ4n) is 4.24. The van der Waals surface area contributed by atoms with Gasteiger partial charge in [-0.1, -0.05) is 42.8 Å². The second-order valence-corrected chi connectivity index (χ2v) is 9.16. The summed E-state index contributed by atoms with van der Waals surface area (Å²) in [7, 11) is 0. The lowest BCUT2D eigenvalue weighted by molar-refractivity contribution is -0.202. The molecule has 38 heavy (non-hydrogen) atoms. The Morgan fingerprint density at radius 3 is 2.39 bits per heavy atom. The van der Waals surface area contributed by atoms with E-state index in [1.165, 1.54) is 11.8 Å². The number of unbranched alkanes of at least 4 members (excludes halogenated alkanes) is 2. The van der Waals surface area contributed by atoms with Crippen LogP contribution in [0.1, 0.15) is 54.1 Å². The summed E-state index contributed by atoms with van der Waals surface area (Å²) in [5.74, 6) is -5.05. The van der Waals surface area contributed by atoms with E-state index in [4.69, 9.17) is 5.73 Å². The number of alkyl halides is 3. The molecule has 1 heterocycles. The summed E-state index contributed by atoms with van der Waals surface area (Å²) < 4.78 is 41.3. The topological polar surface area (TPSA) is 110 Å². The minimum absolute atomic E-state index is 0.195. The van der Waals surface area contributed by atoms with Crippen LogP contribution >= 0.6 is 0 Å². The van der Waals surface area contributed by atoms with Crippen LogP contribution in [0.3, 0.4) is 0 Å². The Kier molecular flexibility index (Phi) is 9.62. The number of nitrogens with two attached hydrogens (primary N) is 1. The molecule has 0 radical (unpaired) electrons. The normalized spacial score (nSPS) is 14.7. The molecule has 3 rings (SSSR count). The quantitative estimate of drug-likeness (QED) is 0.283. The maximum absolute atomic E-state index is 13.6. The smallest absolute Gasteiger partial charge is 0.386 e. The van der Waals surface area contributed by atoms with Crippen LogP contribution in [0.25, 0.3) is 0 Å². The zero-order valence-corrected chi connectivity index (χ0v) is 21.0. The molecule has 2 amide bonds. The summed E-state index contributed by atoms with van der Waals surface area (Å²) in [6.45, 7) is 1.78. The third-order valence-electron chi connectivity index (χ3n) is 6.23. The third kappa shape index (κ3) is 7.41. The minimum atomic E-state index is -5.33. The van der Waals surface area contributed by atoms with Crippen molar-refractivity contribution in [3.63, 3.8) is 0 Å². The first-order valence-corrected chi connectivity index (χ1v) is 12.3. The van der Waals surface area contributed by atoms with E-state index < -0.39 is 48.9 Å². The number of benzene rings is 2. The van der Waals surface area contributed by atoms with Gasteiger partial charge in [0, 0.05) is 6.04 Å². The minimum Gasteiger partial charge on any atom is -0.386 e. The van der Waals surface area contributed by atoms with E-state index in [9.17, 15) is 32.3 Å². The molecule has 0 aliphatic carbocycles. The SMILES string of the molecule is CC(CC(=O)OC(=O)C(F)(F)F)N1CC(=O)N(Cc2ccccc2)c2ccc(CCCCCN)cc2C1=O. The Morgan fingerprint density at radius 2 is 1.74 bits per heavy atom. The number of anilines is 1. The van der Waals surface area contributed by atoms with Crippen molar-refractivity contribution in [2.75, 3.05) is 18.0 Å². The zero-order chi connectivity index (χ0) is 27.9. The number of halogens is 3. The number of hydrogen-bond donors (Lipinski definition) is 1. The average Bonchev–Trinajstić information content (AvgIpc) is 2.97. The Morgan fingerprint density at radius 1 is 1.03 bits per heavy atom. The summed E-state index contributed by atoms with van der Waals surface area (Å²) in [5, 5.41) is 0. The summed E-state index contributed by atoms with van der Waals surface area (Å²) in [6.07, 6.45) is -2.69. The van der Waals surface area contributed by atoms with Crippen LogP contribution in [0.2, 0.25) is 0 Å². The Labute approximate surface area is 218 Å². The van der Waals surface area contributed by atoms with Gasteiger partial charge in [-0.05, 0) is 56.0 Å². The molecule has 2 N–H and O–H groups in total. The Hall–Kier alpha value is -3.73. The van der Waals surface area contributed by atoms with Gasteiger partial charge < -0.3 is 20.3 Å². The zero-order valence-electron chi connectivity index (χ0n) is 21.0. The highest BCUT2D eigenvalue weighted by Gasteiger charge is 2.43. The predicted octanol–water partition coefficient (Wildman–Crippen LogP) is 3.76.